The molecule has 3 nitrogen and oxygen atoms in total. The van der Waals surface area contributed by atoms with Crippen LogP contribution >= 0.6 is 0 Å². The topological polar surface area (TPSA) is 38.5 Å². The Morgan fingerprint density at radius 3 is 2.92 bits per heavy atom. The molecule has 0 spiro atoms. The predicted octanol–water partition coefficient (Wildman–Crippen LogP) is 0.855. The average molecular weight is 172 g/mol. The van der Waals surface area contributed by atoms with Crippen molar-refractivity contribution in [3.8, 4) is 0 Å². The van der Waals surface area contributed by atoms with Gasteiger partial charge in [-0.3, -0.25) is 0 Å². The second kappa shape index (κ2) is 4.80. The third kappa shape index (κ3) is 3.09. The highest BCUT2D eigenvalue weighted by molar-refractivity contribution is 4.75. The Labute approximate surface area is 74.8 Å². The second-order valence-electron chi connectivity index (χ2n) is 4.14. The van der Waals surface area contributed by atoms with E-state index < -0.39 is 0 Å². The van der Waals surface area contributed by atoms with Gasteiger partial charge in [-0.2, -0.15) is 0 Å². The van der Waals surface area contributed by atoms with Crippen LogP contribution in [0.25, 0.3) is 0 Å². The minimum absolute atomic E-state index is 0.661. The highest BCUT2D eigenvalue weighted by Crippen LogP contribution is 2.16. The Balaban J connectivity index is 2.16. The van der Waals surface area contributed by atoms with E-state index in [1.807, 2.05) is 0 Å². The quantitative estimate of drug-likeness (QED) is 0.639. The zero-order chi connectivity index (χ0) is 8.97. The summed E-state index contributed by atoms with van der Waals surface area (Å²) in [5.74, 6) is 6.46. The zero-order valence-corrected chi connectivity index (χ0v) is 8.12. The average Bonchev–Trinajstić information content (AvgIpc) is 2.36. The summed E-state index contributed by atoms with van der Waals surface area (Å²) in [5.41, 5.74) is 0. The first-order chi connectivity index (χ1) is 5.72. The van der Waals surface area contributed by atoms with Gasteiger partial charge in [0, 0.05) is 13.1 Å². The summed E-state index contributed by atoms with van der Waals surface area (Å²) in [7, 11) is 0. The van der Waals surface area contributed by atoms with E-state index in [4.69, 9.17) is 5.90 Å². The molecule has 0 aromatic rings. The molecule has 0 amide bonds. The number of hydrogen-bond acceptors (Lipinski definition) is 3. The van der Waals surface area contributed by atoms with Gasteiger partial charge in [0.25, 0.3) is 0 Å². The van der Waals surface area contributed by atoms with E-state index in [-0.39, 0.29) is 0 Å². The summed E-state index contributed by atoms with van der Waals surface area (Å²) < 4.78 is 0. The van der Waals surface area contributed by atoms with E-state index in [1.54, 1.807) is 0 Å². The third-order valence-electron chi connectivity index (χ3n) is 2.33. The number of likely N-dealkylation sites (tertiary alicyclic amines) is 1. The van der Waals surface area contributed by atoms with E-state index in [0.29, 0.717) is 12.5 Å². The van der Waals surface area contributed by atoms with Crippen LogP contribution in [0.5, 0.6) is 0 Å². The lowest BCUT2D eigenvalue weighted by molar-refractivity contribution is 0.102. The molecule has 1 fully saturated rings. The molecule has 0 aliphatic carbocycles. The van der Waals surface area contributed by atoms with Crippen molar-refractivity contribution in [2.45, 2.75) is 20.3 Å². The molecule has 12 heavy (non-hydrogen) atoms. The molecule has 1 unspecified atom stereocenters. The van der Waals surface area contributed by atoms with Crippen LogP contribution in [0.15, 0.2) is 0 Å². The van der Waals surface area contributed by atoms with E-state index in [0.717, 1.165) is 12.5 Å². The fourth-order valence-corrected chi connectivity index (χ4v) is 1.87. The van der Waals surface area contributed by atoms with Crippen molar-refractivity contribution in [2.75, 3.05) is 26.2 Å². The van der Waals surface area contributed by atoms with Crippen LogP contribution in [0.4, 0.5) is 0 Å². The molecule has 0 aromatic carbocycles. The fraction of sp³-hybridized carbons (Fsp3) is 1.00. The molecule has 1 rings (SSSR count). The van der Waals surface area contributed by atoms with Gasteiger partial charge < -0.3 is 9.74 Å². The minimum atomic E-state index is 0.661. The lowest BCUT2D eigenvalue weighted by Crippen LogP contribution is -2.26. The minimum Gasteiger partial charge on any atom is -0.304 e. The summed E-state index contributed by atoms with van der Waals surface area (Å²) in [6.07, 6.45) is 1.24. The van der Waals surface area contributed by atoms with Crippen LogP contribution in [0.2, 0.25) is 0 Å². The number of rotatable bonds is 4. The normalized spacial score (nSPS) is 25.5. The van der Waals surface area contributed by atoms with Crippen LogP contribution in [0.3, 0.4) is 0 Å². The van der Waals surface area contributed by atoms with Crippen LogP contribution in [0.1, 0.15) is 20.3 Å². The number of nitrogens with zero attached hydrogens (tertiary/aromatic N) is 1. The van der Waals surface area contributed by atoms with Gasteiger partial charge in [0.15, 0.2) is 0 Å². The van der Waals surface area contributed by atoms with Crippen molar-refractivity contribution in [3.05, 3.63) is 0 Å². The molecule has 0 radical (unpaired) electrons. The highest BCUT2D eigenvalue weighted by atomic mass is 16.6. The first kappa shape index (κ1) is 9.96. The van der Waals surface area contributed by atoms with Gasteiger partial charge in [0.1, 0.15) is 0 Å². The van der Waals surface area contributed by atoms with Gasteiger partial charge in [-0.15, -0.1) is 0 Å². The van der Waals surface area contributed by atoms with E-state index in [9.17, 15) is 0 Å². The SMILES string of the molecule is CC(C)CN1CCC(CON)C1. The molecule has 1 aliphatic rings. The van der Waals surface area contributed by atoms with E-state index >= 15 is 0 Å². The third-order valence-corrected chi connectivity index (χ3v) is 2.33. The molecular formula is C9H20N2O. The van der Waals surface area contributed by atoms with Crippen molar-refractivity contribution in [2.24, 2.45) is 17.7 Å². The number of nitrogens with two attached hydrogens (primary N) is 1. The van der Waals surface area contributed by atoms with Crippen LogP contribution in [0, 0.1) is 11.8 Å². The molecule has 3 heteroatoms. The molecule has 72 valence electrons. The summed E-state index contributed by atoms with van der Waals surface area (Å²) in [5, 5.41) is 0. The largest absolute Gasteiger partial charge is 0.304 e. The Hall–Kier alpha value is -0.120. The first-order valence-corrected chi connectivity index (χ1v) is 4.76. The van der Waals surface area contributed by atoms with Crippen molar-refractivity contribution in [1.29, 1.82) is 0 Å². The van der Waals surface area contributed by atoms with Crippen molar-refractivity contribution in [3.63, 3.8) is 0 Å². The van der Waals surface area contributed by atoms with Gasteiger partial charge in [0.2, 0.25) is 0 Å². The maximum atomic E-state index is 5.04. The Morgan fingerprint density at radius 2 is 2.33 bits per heavy atom. The smallest absolute Gasteiger partial charge is 0.0720 e. The molecule has 0 aromatic heterocycles. The van der Waals surface area contributed by atoms with Crippen molar-refractivity contribution < 1.29 is 4.84 Å². The Morgan fingerprint density at radius 1 is 1.58 bits per heavy atom. The first-order valence-electron chi connectivity index (χ1n) is 4.76. The maximum Gasteiger partial charge on any atom is 0.0720 e. The fourth-order valence-electron chi connectivity index (χ4n) is 1.87. The molecule has 1 aliphatic heterocycles. The van der Waals surface area contributed by atoms with Gasteiger partial charge in [-0.1, -0.05) is 13.8 Å². The van der Waals surface area contributed by atoms with Gasteiger partial charge in [0.05, 0.1) is 6.61 Å². The molecule has 0 bridgehead atoms. The van der Waals surface area contributed by atoms with Gasteiger partial charge in [-0.25, -0.2) is 5.90 Å². The van der Waals surface area contributed by atoms with E-state index in [2.05, 4.69) is 23.6 Å². The van der Waals surface area contributed by atoms with Gasteiger partial charge in [-0.05, 0) is 24.8 Å². The van der Waals surface area contributed by atoms with Crippen LogP contribution in [-0.2, 0) is 4.84 Å². The van der Waals surface area contributed by atoms with Gasteiger partial charge >= 0.3 is 0 Å². The Bertz CT molecular complexity index is 128. The molecule has 2 N–H and O–H groups in total. The predicted molar refractivity (Wildman–Crippen MR) is 49.5 cm³/mol. The Kier molecular flexibility index (Phi) is 3.98. The van der Waals surface area contributed by atoms with Crippen molar-refractivity contribution >= 4 is 0 Å². The molecule has 1 atom stereocenters. The lowest BCUT2D eigenvalue weighted by atomic mass is 10.1. The summed E-state index contributed by atoms with van der Waals surface area (Å²) in [6, 6.07) is 0. The molecule has 0 saturated carbocycles. The lowest BCUT2D eigenvalue weighted by Gasteiger charge is -2.17. The highest BCUT2D eigenvalue weighted by Gasteiger charge is 2.22. The molecular weight excluding hydrogens is 152 g/mol. The van der Waals surface area contributed by atoms with E-state index in [1.165, 1.54) is 19.5 Å². The maximum absolute atomic E-state index is 5.04. The summed E-state index contributed by atoms with van der Waals surface area (Å²) >= 11 is 0. The zero-order valence-electron chi connectivity index (χ0n) is 8.12. The monoisotopic (exact) mass is 172 g/mol. The summed E-state index contributed by atoms with van der Waals surface area (Å²) in [4.78, 5) is 7.15. The van der Waals surface area contributed by atoms with Crippen LogP contribution < -0.4 is 5.90 Å². The standard InChI is InChI=1S/C9H20N2O/c1-8(2)5-11-4-3-9(6-11)7-12-10/h8-9H,3-7,10H2,1-2H3. The second-order valence-corrected chi connectivity index (χ2v) is 4.14. The van der Waals surface area contributed by atoms with Crippen LogP contribution in [-0.4, -0.2) is 31.1 Å². The number of hydrogen-bond donors (Lipinski definition) is 1. The molecule has 1 heterocycles. The van der Waals surface area contributed by atoms with Crippen molar-refractivity contribution in [1.82, 2.24) is 4.90 Å². The molecule has 1 saturated heterocycles. The summed E-state index contributed by atoms with van der Waals surface area (Å²) in [6.45, 7) is 8.82.